The Morgan fingerprint density at radius 2 is 2.06 bits per heavy atom. The minimum absolute atomic E-state index is 0.0536. The monoisotopic (exact) mass is 293 g/mol. The van der Waals surface area contributed by atoms with E-state index in [1.165, 1.54) is 10.9 Å². The number of hydrogen-bond acceptors (Lipinski definition) is 2. The Balaban J connectivity index is 2.87. The fraction of sp³-hybridized carbons (Fsp3) is 0.222. The van der Waals surface area contributed by atoms with Gasteiger partial charge in [-0.2, -0.15) is 18.3 Å². The third kappa shape index (κ3) is 1.55. The first-order valence-electron chi connectivity index (χ1n) is 4.29. The summed E-state index contributed by atoms with van der Waals surface area (Å²) in [5, 5.41) is 4.37. The Morgan fingerprint density at radius 1 is 1.44 bits per heavy atom. The molecule has 3 nitrogen and oxygen atoms in total. The van der Waals surface area contributed by atoms with Crippen LogP contribution in [0.3, 0.4) is 0 Å². The maximum Gasteiger partial charge on any atom is 0.417 e. The van der Waals surface area contributed by atoms with Gasteiger partial charge in [0.05, 0.1) is 27.4 Å². The molecule has 1 aromatic heterocycles. The molecular formula is C9H7BrF3N3. The van der Waals surface area contributed by atoms with Crippen molar-refractivity contribution in [2.75, 3.05) is 5.73 Å². The molecule has 0 atom stereocenters. The smallest absolute Gasteiger partial charge is 0.397 e. The number of nitrogen functional groups attached to an aromatic ring is 1. The lowest BCUT2D eigenvalue weighted by atomic mass is 10.1. The van der Waals surface area contributed by atoms with Gasteiger partial charge < -0.3 is 5.73 Å². The van der Waals surface area contributed by atoms with Gasteiger partial charge >= 0.3 is 6.18 Å². The zero-order chi connectivity index (χ0) is 12.1. The molecule has 0 unspecified atom stereocenters. The number of rotatable bonds is 0. The fourth-order valence-corrected chi connectivity index (χ4v) is 2.05. The molecule has 7 heteroatoms. The number of benzene rings is 1. The predicted octanol–water partition coefficient (Wildman–Crippen LogP) is 2.94. The molecule has 2 aromatic rings. The number of nitrogens with zero attached hydrogens (tertiary/aromatic N) is 2. The summed E-state index contributed by atoms with van der Waals surface area (Å²) in [6.07, 6.45) is -3.00. The van der Waals surface area contributed by atoms with E-state index < -0.39 is 11.7 Å². The Kier molecular flexibility index (Phi) is 2.37. The minimum Gasteiger partial charge on any atom is -0.397 e. The van der Waals surface area contributed by atoms with E-state index in [9.17, 15) is 13.2 Å². The van der Waals surface area contributed by atoms with E-state index in [2.05, 4.69) is 21.0 Å². The van der Waals surface area contributed by atoms with Crippen LogP contribution in [0.2, 0.25) is 0 Å². The zero-order valence-corrected chi connectivity index (χ0v) is 9.72. The van der Waals surface area contributed by atoms with Crippen molar-refractivity contribution in [3.05, 3.63) is 22.3 Å². The van der Waals surface area contributed by atoms with E-state index in [0.29, 0.717) is 10.9 Å². The minimum atomic E-state index is -4.44. The standard InChI is InChI=1S/C9H7BrF3N3/c1-16-6-2-5(9(11,12)13)7(10)8(14)4(6)3-15-16/h2-3H,14H2,1H3. The van der Waals surface area contributed by atoms with E-state index in [1.807, 2.05) is 0 Å². The molecule has 0 spiro atoms. The topological polar surface area (TPSA) is 43.8 Å². The summed E-state index contributed by atoms with van der Waals surface area (Å²) < 4.78 is 39.3. The first-order chi connectivity index (χ1) is 7.32. The lowest BCUT2D eigenvalue weighted by molar-refractivity contribution is -0.138. The maximum absolute atomic E-state index is 12.7. The van der Waals surface area contributed by atoms with Gasteiger partial charge in [0.15, 0.2) is 0 Å². The highest BCUT2D eigenvalue weighted by atomic mass is 79.9. The van der Waals surface area contributed by atoms with Gasteiger partial charge in [-0.25, -0.2) is 0 Å². The molecule has 1 heterocycles. The summed E-state index contributed by atoms with van der Waals surface area (Å²) in [7, 11) is 1.57. The SMILES string of the molecule is Cn1ncc2c(N)c(Br)c(C(F)(F)F)cc21. The van der Waals surface area contributed by atoms with Crippen LogP contribution >= 0.6 is 15.9 Å². The summed E-state index contributed by atoms with van der Waals surface area (Å²) in [4.78, 5) is 0. The number of hydrogen-bond donors (Lipinski definition) is 1. The molecule has 2 rings (SSSR count). The lowest BCUT2D eigenvalue weighted by Crippen LogP contribution is -2.08. The number of aryl methyl sites for hydroxylation is 1. The van der Waals surface area contributed by atoms with Crippen molar-refractivity contribution in [2.45, 2.75) is 6.18 Å². The van der Waals surface area contributed by atoms with Crippen molar-refractivity contribution in [2.24, 2.45) is 7.05 Å². The molecule has 0 aliphatic rings. The Bertz CT molecular complexity index is 559. The van der Waals surface area contributed by atoms with Gasteiger partial charge in [0, 0.05) is 12.4 Å². The lowest BCUT2D eigenvalue weighted by Gasteiger charge is -2.11. The summed E-state index contributed by atoms with van der Waals surface area (Å²) in [6, 6.07) is 1.03. The van der Waals surface area contributed by atoms with E-state index in [4.69, 9.17) is 5.73 Å². The average molecular weight is 294 g/mol. The second kappa shape index (κ2) is 3.38. The van der Waals surface area contributed by atoms with Crippen LogP contribution < -0.4 is 5.73 Å². The van der Waals surface area contributed by atoms with E-state index >= 15 is 0 Å². The fourth-order valence-electron chi connectivity index (χ4n) is 1.50. The van der Waals surface area contributed by atoms with Crippen molar-refractivity contribution >= 4 is 32.5 Å². The van der Waals surface area contributed by atoms with E-state index in [-0.39, 0.29) is 10.2 Å². The molecule has 0 radical (unpaired) electrons. The van der Waals surface area contributed by atoms with Gasteiger partial charge in [0.25, 0.3) is 0 Å². The number of halogens is 4. The molecule has 0 bridgehead atoms. The molecule has 0 aliphatic heterocycles. The van der Waals surface area contributed by atoms with Gasteiger partial charge in [-0.3, -0.25) is 4.68 Å². The van der Waals surface area contributed by atoms with Crippen molar-refractivity contribution in [1.29, 1.82) is 0 Å². The summed E-state index contributed by atoms with van der Waals surface area (Å²) in [5.74, 6) is 0. The number of aromatic nitrogens is 2. The number of alkyl halides is 3. The van der Waals surface area contributed by atoms with E-state index in [1.54, 1.807) is 7.05 Å². The maximum atomic E-state index is 12.7. The number of anilines is 1. The van der Waals surface area contributed by atoms with Crippen molar-refractivity contribution < 1.29 is 13.2 Å². The highest BCUT2D eigenvalue weighted by molar-refractivity contribution is 9.10. The first kappa shape index (κ1) is 11.3. The Labute approximate surface area is 97.2 Å². The van der Waals surface area contributed by atoms with Crippen LogP contribution in [0.4, 0.5) is 18.9 Å². The van der Waals surface area contributed by atoms with Crippen molar-refractivity contribution in [1.82, 2.24) is 9.78 Å². The predicted molar refractivity (Wildman–Crippen MR) is 57.8 cm³/mol. The second-order valence-electron chi connectivity index (χ2n) is 3.35. The van der Waals surface area contributed by atoms with Crippen LogP contribution in [-0.4, -0.2) is 9.78 Å². The van der Waals surface area contributed by atoms with E-state index in [0.717, 1.165) is 6.07 Å². The quantitative estimate of drug-likeness (QED) is 0.759. The first-order valence-corrected chi connectivity index (χ1v) is 5.08. The van der Waals surface area contributed by atoms with Gasteiger partial charge in [-0.1, -0.05) is 0 Å². The van der Waals surface area contributed by atoms with Crippen LogP contribution in [0.25, 0.3) is 10.9 Å². The number of fused-ring (bicyclic) bond motifs is 1. The normalized spacial score (nSPS) is 12.3. The summed E-state index contributed by atoms with van der Waals surface area (Å²) in [5.41, 5.74) is 5.25. The largest absolute Gasteiger partial charge is 0.417 e. The molecule has 0 saturated heterocycles. The molecule has 0 amide bonds. The third-order valence-corrected chi connectivity index (χ3v) is 3.19. The van der Waals surface area contributed by atoms with Crippen molar-refractivity contribution in [3.63, 3.8) is 0 Å². The number of nitrogens with two attached hydrogens (primary N) is 1. The molecule has 0 fully saturated rings. The molecular weight excluding hydrogens is 287 g/mol. The van der Waals surface area contributed by atoms with Gasteiger partial charge in [-0.05, 0) is 22.0 Å². The third-order valence-electron chi connectivity index (χ3n) is 2.33. The average Bonchev–Trinajstić information content (AvgIpc) is 2.52. The molecule has 0 aliphatic carbocycles. The molecule has 86 valence electrons. The molecule has 2 N–H and O–H groups in total. The van der Waals surface area contributed by atoms with Crippen LogP contribution in [0.1, 0.15) is 5.56 Å². The van der Waals surface area contributed by atoms with Crippen LogP contribution in [0, 0.1) is 0 Å². The van der Waals surface area contributed by atoms with Gasteiger partial charge in [0.2, 0.25) is 0 Å². The highest BCUT2D eigenvalue weighted by Crippen LogP contribution is 2.41. The summed E-state index contributed by atoms with van der Waals surface area (Å²) in [6.45, 7) is 0. The zero-order valence-electron chi connectivity index (χ0n) is 8.14. The Hall–Kier alpha value is -1.24. The summed E-state index contributed by atoms with van der Waals surface area (Å²) >= 11 is 2.86. The second-order valence-corrected chi connectivity index (χ2v) is 4.14. The van der Waals surface area contributed by atoms with Gasteiger partial charge in [-0.15, -0.1) is 0 Å². The molecule has 0 saturated carbocycles. The van der Waals surface area contributed by atoms with Gasteiger partial charge in [0.1, 0.15) is 0 Å². The molecule has 16 heavy (non-hydrogen) atoms. The van der Waals surface area contributed by atoms with Crippen LogP contribution in [0.5, 0.6) is 0 Å². The highest BCUT2D eigenvalue weighted by Gasteiger charge is 2.34. The van der Waals surface area contributed by atoms with Crippen LogP contribution in [0.15, 0.2) is 16.7 Å². The molecule has 1 aromatic carbocycles. The van der Waals surface area contributed by atoms with Crippen molar-refractivity contribution in [3.8, 4) is 0 Å². The van der Waals surface area contributed by atoms with Crippen LogP contribution in [-0.2, 0) is 13.2 Å². The Morgan fingerprint density at radius 3 is 2.62 bits per heavy atom.